The van der Waals surface area contributed by atoms with Crippen LogP contribution in [0.5, 0.6) is 11.5 Å². The van der Waals surface area contributed by atoms with Gasteiger partial charge in [0.25, 0.3) is 0 Å². The number of carbonyl (C=O) groups is 1. The first-order chi connectivity index (χ1) is 8.69. The van der Waals surface area contributed by atoms with Crippen LogP contribution in [0, 0.1) is 0 Å². The molecule has 0 aliphatic carbocycles. The molecular formula is C12H14BrNO4. The van der Waals surface area contributed by atoms with Crippen molar-refractivity contribution in [1.82, 2.24) is 5.32 Å². The molecule has 5 nitrogen and oxygen atoms in total. The number of halogens is 1. The molecule has 6 heteroatoms. The number of benzene rings is 1. The van der Waals surface area contributed by atoms with Gasteiger partial charge in [-0.05, 0) is 13.1 Å². The number of likely N-dealkylation sites (N-methyl/N-ethyl adjacent to an activating group) is 1. The van der Waals surface area contributed by atoms with E-state index in [-0.39, 0.29) is 0 Å². The number of aliphatic hydroxyl groups excluding tert-OH is 1. The van der Waals surface area contributed by atoms with Crippen molar-refractivity contribution in [3.63, 3.8) is 0 Å². The van der Waals surface area contributed by atoms with E-state index in [1.807, 2.05) is 0 Å². The summed E-state index contributed by atoms with van der Waals surface area (Å²) >= 11 is 3.36. The Bertz CT molecular complexity index is 464. The predicted molar refractivity (Wildman–Crippen MR) is 69.4 cm³/mol. The van der Waals surface area contributed by atoms with Gasteiger partial charge in [-0.1, -0.05) is 15.9 Å². The highest BCUT2D eigenvalue weighted by Crippen LogP contribution is 2.43. The summed E-state index contributed by atoms with van der Waals surface area (Å²) < 4.78 is 11.6. The average Bonchev–Trinajstić information content (AvgIpc) is 2.37. The van der Waals surface area contributed by atoms with Crippen molar-refractivity contribution in [3.8, 4) is 11.5 Å². The Balaban J connectivity index is 2.55. The predicted octanol–water partition coefficient (Wildman–Crippen LogP) is 1.29. The molecule has 1 heterocycles. The van der Waals surface area contributed by atoms with Crippen molar-refractivity contribution in [2.24, 2.45) is 0 Å². The van der Waals surface area contributed by atoms with Crippen LogP contribution in [0.3, 0.4) is 0 Å². The Labute approximate surface area is 113 Å². The molecule has 2 rings (SSSR count). The number of carbonyl (C=O) groups excluding carboxylic acids is 1. The maximum absolute atomic E-state index is 11.0. The van der Waals surface area contributed by atoms with Gasteiger partial charge in [0.15, 0.2) is 17.8 Å². The molecule has 18 heavy (non-hydrogen) atoms. The van der Waals surface area contributed by atoms with Gasteiger partial charge in [0.1, 0.15) is 13.2 Å². The SMILES string of the molecule is CNCC(O)c1c(Br)cc(C=O)c2c1OCCO2. The number of hydrogen-bond donors (Lipinski definition) is 2. The summed E-state index contributed by atoms with van der Waals surface area (Å²) in [5, 5.41) is 13.0. The molecule has 1 atom stereocenters. The number of rotatable bonds is 4. The van der Waals surface area contributed by atoms with Gasteiger partial charge in [-0.15, -0.1) is 0 Å². The monoisotopic (exact) mass is 315 g/mol. The third-order valence-corrected chi connectivity index (χ3v) is 3.34. The minimum absolute atomic E-state index is 0.384. The van der Waals surface area contributed by atoms with Crippen molar-refractivity contribution in [2.75, 3.05) is 26.8 Å². The normalized spacial score (nSPS) is 15.3. The van der Waals surface area contributed by atoms with E-state index in [0.717, 1.165) is 0 Å². The summed E-state index contributed by atoms with van der Waals surface area (Å²) in [6.07, 6.45) is -0.0208. The van der Waals surface area contributed by atoms with Gasteiger partial charge >= 0.3 is 0 Å². The Morgan fingerprint density at radius 2 is 2.17 bits per heavy atom. The summed E-state index contributed by atoms with van der Waals surface area (Å²) in [5.74, 6) is 0.852. The number of ether oxygens (including phenoxy) is 2. The molecule has 2 N–H and O–H groups in total. The third kappa shape index (κ3) is 2.36. The largest absolute Gasteiger partial charge is 0.486 e. The molecule has 1 aromatic carbocycles. The number of fused-ring (bicyclic) bond motifs is 1. The van der Waals surface area contributed by atoms with E-state index < -0.39 is 6.10 Å². The molecule has 1 aliphatic heterocycles. The summed E-state index contributed by atoms with van der Waals surface area (Å²) in [6.45, 7) is 1.19. The number of hydrogen-bond acceptors (Lipinski definition) is 5. The van der Waals surface area contributed by atoms with Crippen LogP contribution in [0.25, 0.3) is 0 Å². The fourth-order valence-corrected chi connectivity index (χ4v) is 2.61. The van der Waals surface area contributed by atoms with Crippen molar-refractivity contribution in [3.05, 3.63) is 21.7 Å². The third-order valence-electron chi connectivity index (χ3n) is 2.69. The zero-order valence-electron chi connectivity index (χ0n) is 9.90. The molecule has 1 unspecified atom stereocenters. The Morgan fingerprint density at radius 3 is 2.78 bits per heavy atom. The van der Waals surface area contributed by atoms with E-state index in [0.29, 0.717) is 53.1 Å². The molecule has 1 aliphatic rings. The molecule has 1 aromatic rings. The molecule has 0 fully saturated rings. The maximum atomic E-state index is 11.0. The molecular weight excluding hydrogens is 302 g/mol. The van der Waals surface area contributed by atoms with Gasteiger partial charge in [-0.2, -0.15) is 0 Å². The van der Waals surface area contributed by atoms with E-state index in [1.165, 1.54) is 0 Å². The lowest BCUT2D eigenvalue weighted by Gasteiger charge is -2.25. The molecule has 0 amide bonds. The first-order valence-electron chi connectivity index (χ1n) is 5.58. The lowest BCUT2D eigenvalue weighted by atomic mass is 10.0. The molecule has 0 bridgehead atoms. The minimum atomic E-state index is -0.736. The quantitative estimate of drug-likeness (QED) is 0.819. The van der Waals surface area contributed by atoms with Crippen LogP contribution in [-0.2, 0) is 0 Å². The highest BCUT2D eigenvalue weighted by atomic mass is 79.9. The average molecular weight is 316 g/mol. The zero-order chi connectivity index (χ0) is 13.1. The summed E-state index contributed by atoms with van der Waals surface area (Å²) in [7, 11) is 1.75. The van der Waals surface area contributed by atoms with Crippen molar-refractivity contribution < 1.29 is 19.4 Å². The van der Waals surface area contributed by atoms with Gasteiger partial charge < -0.3 is 19.9 Å². The second-order valence-corrected chi connectivity index (χ2v) is 4.76. The van der Waals surface area contributed by atoms with E-state index in [1.54, 1.807) is 13.1 Å². The fraction of sp³-hybridized carbons (Fsp3) is 0.417. The van der Waals surface area contributed by atoms with Crippen molar-refractivity contribution in [2.45, 2.75) is 6.10 Å². The highest BCUT2D eigenvalue weighted by Gasteiger charge is 2.26. The molecule has 0 spiro atoms. The summed E-state index contributed by atoms with van der Waals surface area (Å²) in [4.78, 5) is 11.0. The zero-order valence-corrected chi connectivity index (χ0v) is 11.5. The van der Waals surface area contributed by atoms with Gasteiger partial charge in [-0.3, -0.25) is 4.79 Å². The van der Waals surface area contributed by atoms with Crippen molar-refractivity contribution >= 4 is 22.2 Å². The lowest BCUT2D eigenvalue weighted by molar-refractivity contribution is 0.110. The van der Waals surface area contributed by atoms with Crippen LogP contribution in [0.15, 0.2) is 10.5 Å². The van der Waals surface area contributed by atoms with Gasteiger partial charge in [0, 0.05) is 16.6 Å². The van der Waals surface area contributed by atoms with Crippen LogP contribution in [0.2, 0.25) is 0 Å². The van der Waals surface area contributed by atoms with Crippen LogP contribution in [-0.4, -0.2) is 38.2 Å². The fourth-order valence-electron chi connectivity index (χ4n) is 1.91. The van der Waals surface area contributed by atoms with Crippen LogP contribution in [0.4, 0.5) is 0 Å². The summed E-state index contributed by atoms with van der Waals surface area (Å²) in [5.41, 5.74) is 1.02. The number of nitrogens with one attached hydrogen (secondary N) is 1. The smallest absolute Gasteiger partial charge is 0.172 e. The number of aldehydes is 1. The van der Waals surface area contributed by atoms with Crippen LogP contribution < -0.4 is 14.8 Å². The molecule has 0 saturated carbocycles. The Kier molecular flexibility index (Phi) is 4.21. The Hall–Kier alpha value is -1.11. The minimum Gasteiger partial charge on any atom is -0.486 e. The second-order valence-electron chi connectivity index (χ2n) is 3.91. The number of aliphatic hydroxyl groups is 1. The topological polar surface area (TPSA) is 67.8 Å². The standard InChI is InChI=1S/C12H14BrNO4/c1-14-5-9(16)10-8(13)4-7(6-15)11-12(10)18-3-2-17-11/h4,6,9,14,16H,2-3,5H2,1H3. The van der Waals surface area contributed by atoms with Crippen LogP contribution >= 0.6 is 15.9 Å². The Morgan fingerprint density at radius 1 is 1.50 bits per heavy atom. The van der Waals surface area contributed by atoms with Gasteiger partial charge in [-0.25, -0.2) is 0 Å². The highest BCUT2D eigenvalue weighted by molar-refractivity contribution is 9.10. The van der Waals surface area contributed by atoms with E-state index in [2.05, 4.69) is 21.2 Å². The lowest BCUT2D eigenvalue weighted by Crippen LogP contribution is -2.22. The second kappa shape index (κ2) is 5.69. The van der Waals surface area contributed by atoms with E-state index in [9.17, 15) is 9.90 Å². The summed E-state index contributed by atoms with van der Waals surface area (Å²) in [6, 6.07) is 1.63. The van der Waals surface area contributed by atoms with Gasteiger partial charge in [0.2, 0.25) is 0 Å². The maximum Gasteiger partial charge on any atom is 0.172 e. The van der Waals surface area contributed by atoms with Crippen LogP contribution in [0.1, 0.15) is 22.0 Å². The van der Waals surface area contributed by atoms with Crippen molar-refractivity contribution in [1.29, 1.82) is 0 Å². The van der Waals surface area contributed by atoms with E-state index in [4.69, 9.17) is 9.47 Å². The first kappa shape index (κ1) is 13.3. The van der Waals surface area contributed by atoms with Gasteiger partial charge in [0.05, 0.1) is 11.7 Å². The molecule has 0 radical (unpaired) electrons. The molecule has 0 aromatic heterocycles. The van der Waals surface area contributed by atoms with E-state index >= 15 is 0 Å². The molecule has 98 valence electrons. The first-order valence-corrected chi connectivity index (χ1v) is 6.38. The molecule has 0 saturated heterocycles.